The number of carbonyl (C=O) groups excluding carboxylic acids is 1. The molecule has 0 aliphatic carbocycles. The molecule has 1 saturated heterocycles. The zero-order valence-electron chi connectivity index (χ0n) is 17.8. The molecule has 1 aromatic rings. The molecule has 3 rings (SSSR count). The van der Waals surface area contributed by atoms with E-state index < -0.39 is 10.2 Å². The summed E-state index contributed by atoms with van der Waals surface area (Å²) in [6, 6.07) is -0.115. The van der Waals surface area contributed by atoms with Gasteiger partial charge in [-0.05, 0) is 19.3 Å². The van der Waals surface area contributed by atoms with Crippen LogP contribution < -0.4 is 5.32 Å². The Morgan fingerprint density at radius 2 is 1.93 bits per heavy atom. The van der Waals surface area contributed by atoms with Crippen molar-refractivity contribution in [3.8, 4) is 0 Å². The van der Waals surface area contributed by atoms with Gasteiger partial charge in [-0.1, -0.05) is 13.8 Å². The first-order chi connectivity index (χ1) is 13.8. The van der Waals surface area contributed by atoms with E-state index in [4.69, 9.17) is 9.97 Å². The smallest absolute Gasteiger partial charge is 0.282 e. The van der Waals surface area contributed by atoms with Gasteiger partial charge in [0.15, 0.2) is 5.82 Å². The molecule has 10 heteroatoms. The van der Waals surface area contributed by atoms with Crippen LogP contribution in [0.3, 0.4) is 0 Å². The highest BCUT2D eigenvalue weighted by molar-refractivity contribution is 7.86. The highest BCUT2D eigenvalue weighted by Gasteiger charge is 2.35. The number of fused-ring (bicyclic) bond motifs is 1. The van der Waals surface area contributed by atoms with E-state index in [0.29, 0.717) is 37.7 Å². The Labute approximate surface area is 173 Å². The molecule has 0 spiro atoms. The predicted octanol–water partition coefficient (Wildman–Crippen LogP) is 1.54. The second kappa shape index (κ2) is 8.93. The maximum atomic E-state index is 12.9. The average molecular weight is 425 g/mol. The zero-order chi connectivity index (χ0) is 21.2. The van der Waals surface area contributed by atoms with E-state index in [0.717, 1.165) is 37.1 Å². The summed E-state index contributed by atoms with van der Waals surface area (Å²) in [5, 5.41) is 3.12. The molecular weight excluding hydrogens is 392 g/mol. The van der Waals surface area contributed by atoms with E-state index in [9.17, 15) is 13.2 Å². The topological polar surface area (TPSA) is 98.7 Å². The summed E-state index contributed by atoms with van der Waals surface area (Å²) in [4.78, 5) is 23.4. The van der Waals surface area contributed by atoms with Gasteiger partial charge < -0.3 is 10.2 Å². The normalized spacial score (nSPS) is 20.6. The van der Waals surface area contributed by atoms with Crippen LogP contribution in [0.25, 0.3) is 0 Å². The molecule has 1 aromatic heterocycles. The number of carbonyl (C=O) groups is 1. The Morgan fingerprint density at radius 1 is 1.21 bits per heavy atom. The number of amides is 1. The Bertz CT molecular complexity index is 838. The summed E-state index contributed by atoms with van der Waals surface area (Å²) in [5.41, 5.74) is 1.70. The second-order valence-corrected chi connectivity index (χ2v) is 9.43. The first-order valence-electron chi connectivity index (χ1n) is 10.4. The molecule has 1 unspecified atom stereocenters. The summed E-state index contributed by atoms with van der Waals surface area (Å²) < 4.78 is 28.9. The fraction of sp³-hybridized carbons (Fsp3) is 0.737. The zero-order valence-corrected chi connectivity index (χ0v) is 18.6. The molecule has 1 N–H and O–H groups in total. The first kappa shape index (κ1) is 21.9. The van der Waals surface area contributed by atoms with Crippen molar-refractivity contribution in [3.63, 3.8) is 0 Å². The number of aromatic nitrogens is 2. The molecular formula is C19H32N6O3S. The Balaban J connectivity index is 1.93. The fourth-order valence-electron chi connectivity index (χ4n) is 4.25. The molecule has 1 amide bonds. The van der Waals surface area contributed by atoms with E-state index >= 15 is 0 Å². The van der Waals surface area contributed by atoms with Crippen LogP contribution in [0.1, 0.15) is 63.2 Å². The number of nitrogens with zero attached hydrogens (tertiary/aromatic N) is 5. The molecule has 2 aliphatic heterocycles. The molecule has 162 valence electrons. The molecule has 9 nitrogen and oxygen atoms in total. The lowest BCUT2D eigenvalue weighted by Gasteiger charge is -2.36. The number of nitrogens with one attached hydrogen (secondary N) is 1. The number of hydrogen-bond acceptors (Lipinski definition) is 6. The third-order valence-corrected chi connectivity index (χ3v) is 7.98. The van der Waals surface area contributed by atoms with Gasteiger partial charge in [0.2, 0.25) is 5.91 Å². The summed E-state index contributed by atoms with van der Waals surface area (Å²) in [7, 11) is -1.73. The summed E-state index contributed by atoms with van der Waals surface area (Å²) >= 11 is 0. The van der Waals surface area contributed by atoms with Crippen LogP contribution in [-0.4, -0.2) is 71.0 Å². The lowest BCUT2D eigenvalue weighted by Crippen LogP contribution is -2.46. The standard InChI is InChI=1S/C19H32N6O3S/c1-5-23(6-2)29(27,28)24-12-10-16-15(13-24)18(20-4)22-19(21-16)17-9-7-8-11-25(17)14(3)26/h17H,5-13H2,1-4H3,(H,20,21,22). The van der Waals surface area contributed by atoms with Crippen molar-refractivity contribution in [1.82, 2.24) is 23.5 Å². The van der Waals surface area contributed by atoms with Gasteiger partial charge in [0.25, 0.3) is 10.2 Å². The van der Waals surface area contributed by atoms with Crippen LogP contribution in [0.4, 0.5) is 5.82 Å². The molecule has 1 fully saturated rings. The highest BCUT2D eigenvalue weighted by atomic mass is 32.2. The molecule has 0 bridgehead atoms. The Hall–Kier alpha value is -1.78. The second-order valence-electron chi connectivity index (χ2n) is 7.51. The highest BCUT2D eigenvalue weighted by Crippen LogP contribution is 2.33. The Kier molecular flexibility index (Phi) is 6.75. The minimum atomic E-state index is -3.51. The molecule has 0 radical (unpaired) electrons. The lowest BCUT2D eigenvalue weighted by molar-refractivity contribution is -0.132. The lowest BCUT2D eigenvalue weighted by atomic mass is 10.00. The molecule has 3 heterocycles. The first-order valence-corrected chi connectivity index (χ1v) is 11.8. The molecule has 29 heavy (non-hydrogen) atoms. The van der Waals surface area contributed by atoms with E-state index in [-0.39, 0.29) is 18.5 Å². The maximum absolute atomic E-state index is 12.9. The van der Waals surface area contributed by atoms with Gasteiger partial charge in [-0.15, -0.1) is 0 Å². The van der Waals surface area contributed by atoms with Crippen LogP contribution in [0.2, 0.25) is 0 Å². The van der Waals surface area contributed by atoms with Crippen LogP contribution >= 0.6 is 0 Å². The number of likely N-dealkylation sites (tertiary alicyclic amines) is 1. The summed E-state index contributed by atoms with van der Waals surface area (Å²) in [6.45, 7) is 7.55. The molecule has 0 saturated carbocycles. The van der Waals surface area contributed by atoms with E-state index in [1.165, 1.54) is 8.61 Å². The Morgan fingerprint density at radius 3 is 2.55 bits per heavy atom. The minimum Gasteiger partial charge on any atom is -0.373 e. The quantitative estimate of drug-likeness (QED) is 0.744. The molecule has 0 aromatic carbocycles. The average Bonchev–Trinajstić information content (AvgIpc) is 2.73. The third-order valence-electron chi connectivity index (χ3n) is 5.84. The van der Waals surface area contributed by atoms with Crippen molar-refractivity contribution in [3.05, 3.63) is 17.1 Å². The molecule has 2 aliphatic rings. The van der Waals surface area contributed by atoms with Crippen LogP contribution in [0.5, 0.6) is 0 Å². The van der Waals surface area contributed by atoms with Crippen molar-refractivity contribution in [2.45, 2.75) is 59.0 Å². The fourth-order valence-corrected chi connectivity index (χ4v) is 5.84. The maximum Gasteiger partial charge on any atom is 0.282 e. The van der Waals surface area contributed by atoms with Gasteiger partial charge >= 0.3 is 0 Å². The number of anilines is 1. The van der Waals surface area contributed by atoms with Gasteiger partial charge in [0.05, 0.1) is 11.7 Å². The van der Waals surface area contributed by atoms with E-state index in [1.807, 2.05) is 18.7 Å². The minimum absolute atomic E-state index is 0.0403. The van der Waals surface area contributed by atoms with Gasteiger partial charge in [-0.25, -0.2) is 9.97 Å². The van der Waals surface area contributed by atoms with Crippen LogP contribution in [0.15, 0.2) is 0 Å². The van der Waals surface area contributed by atoms with Crippen molar-refractivity contribution in [2.24, 2.45) is 0 Å². The number of rotatable bonds is 6. The van der Waals surface area contributed by atoms with Crippen LogP contribution in [-0.2, 0) is 28.0 Å². The molecule has 1 atom stereocenters. The predicted molar refractivity (Wildman–Crippen MR) is 112 cm³/mol. The summed E-state index contributed by atoms with van der Waals surface area (Å²) in [6.07, 6.45) is 3.43. The monoisotopic (exact) mass is 424 g/mol. The number of piperidine rings is 1. The largest absolute Gasteiger partial charge is 0.373 e. The van der Waals surface area contributed by atoms with Crippen LogP contribution in [0, 0.1) is 0 Å². The van der Waals surface area contributed by atoms with Crippen molar-refractivity contribution < 1.29 is 13.2 Å². The third kappa shape index (κ3) is 4.24. The van der Waals surface area contributed by atoms with Crippen molar-refractivity contribution >= 4 is 21.9 Å². The SMILES string of the molecule is CCN(CC)S(=O)(=O)N1CCc2nc(C3CCCCN3C(C)=O)nc(NC)c2C1. The van der Waals surface area contributed by atoms with Crippen molar-refractivity contribution in [2.75, 3.05) is 38.5 Å². The van der Waals surface area contributed by atoms with Gasteiger partial charge in [-0.3, -0.25) is 4.79 Å². The van der Waals surface area contributed by atoms with E-state index in [2.05, 4.69) is 5.32 Å². The van der Waals surface area contributed by atoms with Gasteiger partial charge in [0.1, 0.15) is 5.82 Å². The number of hydrogen-bond donors (Lipinski definition) is 1. The van der Waals surface area contributed by atoms with Gasteiger partial charge in [-0.2, -0.15) is 17.0 Å². The van der Waals surface area contributed by atoms with E-state index in [1.54, 1.807) is 14.0 Å². The van der Waals surface area contributed by atoms with Gasteiger partial charge in [0, 0.05) is 58.7 Å². The van der Waals surface area contributed by atoms with Crippen molar-refractivity contribution in [1.29, 1.82) is 0 Å². The summed E-state index contributed by atoms with van der Waals surface area (Å²) in [5.74, 6) is 1.35.